The van der Waals surface area contributed by atoms with Gasteiger partial charge in [-0.3, -0.25) is 9.59 Å². The fourth-order valence-electron chi connectivity index (χ4n) is 2.76. The number of carbonyl (C=O) groups is 2. The van der Waals surface area contributed by atoms with Gasteiger partial charge in [0.15, 0.2) is 0 Å². The predicted molar refractivity (Wildman–Crippen MR) is 112 cm³/mol. The minimum absolute atomic E-state index is 0.0640. The summed E-state index contributed by atoms with van der Waals surface area (Å²) in [6.45, 7) is 6.00. The van der Waals surface area contributed by atoms with E-state index in [1.165, 1.54) is 0 Å². The highest BCUT2D eigenvalue weighted by Gasteiger charge is 2.29. The molecule has 146 valence electrons. The molecule has 3 N–H and O–H groups in total. The molecule has 3 rings (SSSR count). The largest absolute Gasteiger partial charge is 0.487 e. The molecule has 1 fully saturated rings. The second-order valence-corrected chi connectivity index (χ2v) is 6.74. The first-order valence-electron chi connectivity index (χ1n) is 9.35. The highest BCUT2D eigenvalue weighted by Crippen LogP contribution is 2.31. The summed E-state index contributed by atoms with van der Waals surface area (Å²) >= 11 is 0. The smallest absolute Gasteiger partial charge is 0.243 e. The molecule has 1 aliphatic carbocycles. The van der Waals surface area contributed by atoms with Crippen LogP contribution >= 0.6 is 0 Å². The molecule has 2 aromatic carbocycles. The Morgan fingerprint density at radius 3 is 2.54 bits per heavy atom. The first-order valence-corrected chi connectivity index (χ1v) is 9.35. The standard InChI is InChI=1S/C22H25N3O3/c1-3-13-28-20-10-5-4-7-19(20)24-21(26)14-23-17-8-6-9-18(15(17)2)25-22(27)16-11-12-16/h3-10,16,23H,1,11-14H2,2H3,(H,24,26)(H,25,27). The van der Waals surface area contributed by atoms with E-state index in [4.69, 9.17) is 4.74 Å². The molecule has 0 aliphatic heterocycles. The van der Waals surface area contributed by atoms with Gasteiger partial charge in [0.1, 0.15) is 12.4 Å². The maximum atomic E-state index is 12.4. The third kappa shape index (κ3) is 5.13. The number of amides is 2. The summed E-state index contributed by atoms with van der Waals surface area (Å²) in [4.78, 5) is 24.4. The van der Waals surface area contributed by atoms with E-state index in [-0.39, 0.29) is 24.3 Å². The maximum Gasteiger partial charge on any atom is 0.243 e. The number of ether oxygens (including phenoxy) is 1. The molecule has 0 unspecified atom stereocenters. The third-order valence-electron chi connectivity index (χ3n) is 4.50. The van der Waals surface area contributed by atoms with Crippen molar-refractivity contribution in [2.45, 2.75) is 19.8 Å². The van der Waals surface area contributed by atoms with E-state index < -0.39 is 0 Å². The number of para-hydroxylation sites is 2. The Bertz CT molecular complexity index is 875. The Hall–Kier alpha value is -3.28. The fraction of sp³-hybridized carbons (Fsp3) is 0.273. The van der Waals surface area contributed by atoms with Gasteiger partial charge in [-0.2, -0.15) is 0 Å². The van der Waals surface area contributed by atoms with Gasteiger partial charge in [0.05, 0.1) is 12.2 Å². The average molecular weight is 379 g/mol. The van der Waals surface area contributed by atoms with Crippen LogP contribution in [0.2, 0.25) is 0 Å². The second-order valence-electron chi connectivity index (χ2n) is 6.74. The molecule has 2 aromatic rings. The molecule has 6 nitrogen and oxygen atoms in total. The topological polar surface area (TPSA) is 79.5 Å². The van der Waals surface area contributed by atoms with Gasteiger partial charge in [0.2, 0.25) is 11.8 Å². The lowest BCUT2D eigenvalue weighted by molar-refractivity contribution is -0.117. The summed E-state index contributed by atoms with van der Waals surface area (Å²) in [5, 5.41) is 8.95. The van der Waals surface area contributed by atoms with E-state index in [0.29, 0.717) is 18.0 Å². The third-order valence-corrected chi connectivity index (χ3v) is 4.50. The van der Waals surface area contributed by atoms with Crippen molar-refractivity contribution in [3.63, 3.8) is 0 Å². The fourth-order valence-corrected chi connectivity index (χ4v) is 2.76. The zero-order chi connectivity index (χ0) is 19.9. The summed E-state index contributed by atoms with van der Waals surface area (Å²) in [6.07, 6.45) is 3.57. The molecule has 2 amide bonds. The van der Waals surface area contributed by atoms with Crippen LogP contribution in [0.5, 0.6) is 5.75 Å². The van der Waals surface area contributed by atoms with Crippen LogP contribution in [0.3, 0.4) is 0 Å². The number of anilines is 3. The number of benzene rings is 2. The number of nitrogens with one attached hydrogen (secondary N) is 3. The molecule has 0 spiro atoms. The van der Waals surface area contributed by atoms with Crippen LogP contribution in [0.4, 0.5) is 17.1 Å². The van der Waals surface area contributed by atoms with Gasteiger partial charge in [-0.05, 0) is 49.6 Å². The van der Waals surface area contributed by atoms with Crippen LogP contribution in [-0.2, 0) is 9.59 Å². The lowest BCUT2D eigenvalue weighted by Gasteiger charge is -2.15. The average Bonchev–Trinajstić information content (AvgIpc) is 3.53. The first-order chi connectivity index (χ1) is 13.6. The Labute approximate surface area is 165 Å². The molecular weight excluding hydrogens is 354 g/mol. The van der Waals surface area contributed by atoms with E-state index >= 15 is 0 Å². The quantitative estimate of drug-likeness (QED) is 0.576. The molecule has 0 aromatic heterocycles. The van der Waals surface area contributed by atoms with Gasteiger partial charge >= 0.3 is 0 Å². The highest BCUT2D eigenvalue weighted by molar-refractivity contribution is 5.97. The number of carbonyl (C=O) groups excluding carboxylic acids is 2. The monoisotopic (exact) mass is 379 g/mol. The Balaban J connectivity index is 1.59. The van der Waals surface area contributed by atoms with Crippen LogP contribution in [0.25, 0.3) is 0 Å². The molecule has 28 heavy (non-hydrogen) atoms. The van der Waals surface area contributed by atoms with Crippen LogP contribution in [0.15, 0.2) is 55.1 Å². The van der Waals surface area contributed by atoms with Gasteiger partial charge in [-0.1, -0.05) is 30.9 Å². The molecule has 0 atom stereocenters. The van der Waals surface area contributed by atoms with E-state index in [1.807, 2.05) is 37.3 Å². The SMILES string of the molecule is C=CCOc1ccccc1NC(=O)CNc1cccc(NC(=O)C2CC2)c1C. The van der Waals surface area contributed by atoms with Crippen molar-refractivity contribution in [2.75, 3.05) is 29.1 Å². The highest BCUT2D eigenvalue weighted by atomic mass is 16.5. The Kier molecular flexibility index (Phi) is 6.32. The van der Waals surface area contributed by atoms with Crippen LogP contribution in [-0.4, -0.2) is 25.0 Å². The van der Waals surface area contributed by atoms with Crippen LogP contribution in [0, 0.1) is 12.8 Å². The van der Waals surface area contributed by atoms with Gasteiger partial charge in [-0.15, -0.1) is 0 Å². The zero-order valence-electron chi connectivity index (χ0n) is 16.0. The van der Waals surface area contributed by atoms with Crippen molar-refractivity contribution in [1.82, 2.24) is 0 Å². The molecular formula is C22H25N3O3. The van der Waals surface area contributed by atoms with Crippen molar-refractivity contribution < 1.29 is 14.3 Å². The number of hydrogen-bond donors (Lipinski definition) is 3. The summed E-state index contributed by atoms with van der Waals surface area (Å²) < 4.78 is 5.55. The molecule has 0 bridgehead atoms. The van der Waals surface area contributed by atoms with Crippen molar-refractivity contribution >= 4 is 28.9 Å². The Morgan fingerprint density at radius 2 is 1.79 bits per heavy atom. The normalized spacial score (nSPS) is 12.8. The molecule has 0 radical (unpaired) electrons. The molecule has 0 heterocycles. The van der Waals surface area contributed by atoms with Crippen LogP contribution < -0.4 is 20.7 Å². The molecule has 6 heteroatoms. The van der Waals surface area contributed by atoms with Crippen molar-refractivity contribution in [2.24, 2.45) is 5.92 Å². The van der Waals surface area contributed by atoms with Crippen LogP contribution in [0.1, 0.15) is 18.4 Å². The summed E-state index contributed by atoms with van der Waals surface area (Å²) in [5.74, 6) is 0.609. The predicted octanol–water partition coefficient (Wildman–Crippen LogP) is 3.96. The van der Waals surface area contributed by atoms with E-state index in [9.17, 15) is 9.59 Å². The van der Waals surface area contributed by atoms with Gasteiger partial charge in [0, 0.05) is 17.3 Å². The maximum absolute atomic E-state index is 12.4. The zero-order valence-corrected chi connectivity index (χ0v) is 16.0. The molecule has 0 saturated heterocycles. The lowest BCUT2D eigenvalue weighted by atomic mass is 10.1. The van der Waals surface area contributed by atoms with Gasteiger partial charge in [-0.25, -0.2) is 0 Å². The molecule has 1 saturated carbocycles. The minimum atomic E-state index is -0.193. The van der Waals surface area contributed by atoms with Crippen molar-refractivity contribution in [1.29, 1.82) is 0 Å². The summed E-state index contributed by atoms with van der Waals surface area (Å²) in [5.41, 5.74) is 3.09. The Morgan fingerprint density at radius 1 is 1.07 bits per heavy atom. The summed E-state index contributed by atoms with van der Waals surface area (Å²) in [6, 6.07) is 12.9. The lowest BCUT2D eigenvalue weighted by Crippen LogP contribution is -2.22. The van der Waals surface area contributed by atoms with Crippen molar-refractivity contribution in [3.8, 4) is 5.75 Å². The number of rotatable bonds is 9. The van der Waals surface area contributed by atoms with Gasteiger partial charge in [0.25, 0.3) is 0 Å². The van der Waals surface area contributed by atoms with Gasteiger partial charge < -0.3 is 20.7 Å². The van der Waals surface area contributed by atoms with E-state index in [2.05, 4.69) is 22.5 Å². The second kappa shape index (κ2) is 9.08. The van der Waals surface area contributed by atoms with Crippen molar-refractivity contribution in [3.05, 3.63) is 60.7 Å². The summed E-state index contributed by atoms with van der Waals surface area (Å²) in [7, 11) is 0. The van der Waals surface area contributed by atoms with E-state index in [1.54, 1.807) is 18.2 Å². The first kappa shape index (κ1) is 19.5. The minimum Gasteiger partial charge on any atom is -0.487 e. The van der Waals surface area contributed by atoms with E-state index in [0.717, 1.165) is 29.8 Å². The molecule has 1 aliphatic rings. The number of hydrogen-bond acceptors (Lipinski definition) is 4.